The van der Waals surface area contributed by atoms with E-state index in [2.05, 4.69) is 30.1 Å². The van der Waals surface area contributed by atoms with Gasteiger partial charge in [0.05, 0.1) is 0 Å². The molecule has 0 saturated heterocycles. The van der Waals surface area contributed by atoms with Crippen molar-refractivity contribution in [1.29, 1.82) is 0 Å². The number of fused-ring (bicyclic) bond motifs is 1. The number of nitrogens with two attached hydrogens (primary N) is 1. The van der Waals surface area contributed by atoms with Gasteiger partial charge in [-0.2, -0.15) is 0 Å². The summed E-state index contributed by atoms with van der Waals surface area (Å²) in [6, 6.07) is 10.5. The van der Waals surface area contributed by atoms with E-state index in [0.717, 1.165) is 0 Å². The summed E-state index contributed by atoms with van der Waals surface area (Å²) in [7, 11) is 0. The van der Waals surface area contributed by atoms with E-state index in [0.29, 0.717) is 12.5 Å². The van der Waals surface area contributed by atoms with Crippen molar-refractivity contribution < 1.29 is 0 Å². The molecule has 0 fully saturated rings. The highest BCUT2D eigenvalue weighted by Gasteiger charge is 2.05. The molecule has 0 spiro atoms. The topological polar surface area (TPSA) is 41.8 Å². The first-order valence-corrected chi connectivity index (χ1v) is 4.59. The summed E-state index contributed by atoms with van der Waals surface area (Å²) in [5, 5.41) is 1.26. The Morgan fingerprint density at radius 3 is 2.85 bits per heavy atom. The van der Waals surface area contributed by atoms with Crippen molar-refractivity contribution in [2.45, 2.75) is 12.8 Å². The van der Waals surface area contributed by atoms with Crippen LogP contribution in [0.15, 0.2) is 30.3 Å². The molecular weight excluding hydrogens is 160 g/mol. The van der Waals surface area contributed by atoms with E-state index < -0.39 is 0 Å². The molecule has 1 aromatic heterocycles. The molecule has 1 atom stereocenters. The molecule has 1 unspecified atom stereocenters. The summed E-state index contributed by atoms with van der Waals surface area (Å²) in [5.74, 6) is 0.410. The molecule has 0 aliphatic carbocycles. The number of para-hydroxylation sites is 1. The maximum absolute atomic E-state index is 5.61. The van der Waals surface area contributed by atoms with E-state index in [9.17, 15) is 0 Å². The first-order chi connectivity index (χ1) is 6.31. The van der Waals surface area contributed by atoms with E-state index in [-0.39, 0.29) is 0 Å². The Labute approximate surface area is 77.8 Å². The summed E-state index contributed by atoms with van der Waals surface area (Å²) in [6.45, 7) is 2.82. The van der Waals surface area contributed by atoms with Crippen molar-refractivity contribution in [3.8, 4) is 0 Å². The molecular formula is C11H14N2. The molecule has 1 heterocycles. The summed E-state index contributed by atoms with van der Waals surface area (Å²) in [6.07, 6.45) is 0. The average molecular weight is 174 g/mol. The second-order valence-electron chi connectivity index (χ2n) is 3.45. The van der Waals surface area contributed by atoms with Gasteiger partial charge >= 0.3 is 0 Å². The lowest BCUT2D eigenvalue weighted by Crippen LogP contribution is -2.08. The fourth-order valence-electron chi connectivity index (χ4n) is 1.49. The number of aromatic nitrogens is 1. The van der Waals surface area contributed by atoms with Crippen LogP contribution in [-0.2, 0) is 0 Å². The van der Waals surface area contributed by atoms with Gasteiger partial charge in [0.15, 0.2) is 0 Å². The van der Waals surface area contributed by atoms with E-state index in [1.54, 1.807) is 0 Å². The number of rotatable bonds is 2. The zero-order chi connectivity index (χ0) is 9.26. The van der Waals surface area contributed by atoms with Crippen LogP contribution in [0.2, 0.25) is 0 Å². The number of aromatic amines is 1. The lowest BCUT2D eigenvalue weighted by Gasteiger charge is -2.03. The van der Waals surface area contributed by atoms with Gasteiger partial charge < -0.3 is 10.7 Å². The quantitative estimate of drug-likeness (QED) is 0.720. The smallest absolute Gasteiger partial charge is 0.0456 e. The van der Waals surface area contributed by atoms with Gasteiger partial charge in [0.1, 0.15) is 0 Å². The Hall–Kier alpha value is -1.28. The maximum atomic E-state index is 5.61. The lowest BCUT2D eigenvalue weighted by atomic mass is 10.1. The van der Waals surface area contributed by atoms with Crippen molar-refractivity contribution in [3.05, 3.63) is 36.0 Å². The largest absolute Gasteiger partial charge is 0.358 e. The molecule has 2 aromatic rings. The molecule has 1 aromatic carbocycles. The van der Waals surface area contributed by atoms with Crippen molar-refractivity contribution in [1.82, 2.24) is 4.98 Å². The van der Waals surface area contributed by atoms with Crippen molar-refractivity contribution >= 4 is 10.9 Å². The normalized spacial score (nSPS) is 13.4. The highest BCUT2D eigenvalue weighted by Crippen LogP contribution is 2.19. The standard InChI is InChI=1S/C11H14N2/c1-8(7-12)11-6-9-4-2-3-5-10(9)13-11/h2-6,8,13H,7,12H2,1H3. The molecule has 0 amide bonds. The van der Waals surface area contributed by atoms with Crippen LogP contribution in [0.5, 0.6) is 0 Å². The Bertz CT molecular complexity index is 370. The summed E-state index contributed by atoms with van der Waals surface area (Å²) in [5.41, 5.74) is 8.02. The third-order valence-corrected chi connectivity index (χ3v) is 2.44. The van der Waals surface area contributed by atoms with E-state index in [1.165, 1.54) is 16.6 Å². The number of benzene rings is 1. The minimum Gasteiger partial charge on any atom is -0.358 e. The fourth-order valence-corrected chi connectivity index (χ4v) is 1.49. The minimum atomic E-state index is 0.410. The number of nitrogens with one attached hydrogen (secondary N) is 1. The molecule has 2 heteroatoms. The van der Waals surface area contributed by atoms with Crippen LogP contribution < -0.4 is 5.73 Å². The molecule has 3 N–H and O–H groups in total. The third kappa shape index (κ3) is 1.45. The highest BCUT2D eigenvalue weighted by atomic mass is 14.7. The van der Waals surface area contributed by atoms with Gasteiger partial charge in [0.25, 0.3) is 0 Å². The summed E-state index contributed by atoms with van der Waals surface area (Å²) >= 11 is 0. The van der Waals surface area contributed by atoms with Crippen LogP contribution in [0, 0.1) is 0 Å². The summed E-state index contributed by atoms with van der Waals surface area (Å²) < 4.78 is 0. The molecule has 2 rings (SSSR count). The van der Waals surface area contributed by atoms with E-state index >= 15 is 0 Å². The van der Waals surface area contributed by atoms with Crippen LogP contribution >= 0.6 is 0 Å². The van der Waals surface area contributed by atoms with Crippen LogP contribution in [0.3, 0.4) is 0 Å². The molecule has 68 valence electrons. The highest BCUT2D eigenvalue weighted by molar-refractivity contribution is 5.80. The van der Waals surface area contributed by atoms with Crippen molar-refractivity contribution in [2.24, 2.45) is 5.73 Å². The van der Waals surface area contributed by atoms with E-state index in [1.807, 2.05) is 12.1 Å². The molecule has 13 heavy (non-hydrogen) atoms. The first-order valence-electron chi connectivity index (χ1n) is 4.59. The lowest BCUT2D eigenvalue weighted by molar-refractivity contribution is 0.754. The second kappa shape index (κ2) is 3.23. The maximum Gasteiger partial charge on any atom is 0.0456 e. The Morgan fingerprint density at radius 1 is 1.38 bits per heavy atom. The van der Waals surface area contributed by atoms with Gasteiger partial charge in [-0.05, 0) is 17.5 Å². The van der Waals surface area contributed by atoms with Crippen molar-refractivity contribution in [3.63, 3.8) is 0 Å². The van der Waals surface area contributed by atoms with Gasteiger partial charge in [0.2, 0.25) is 0 Å². The molecule has 0 bridgehead atoms. The minimum absolute atomic E-state index is 0.410. The van der Waals surface area contributed by atoms with Gasteiger partial charge in [-0.3, -0.25) is 0 Å². The zero-order valence-corrected chi connectivity index (χ0v) is 7.75. The predicted octanol–water partition coefficient (Wildman–Crippen LogP) is 2.23. The van der Waals surface area contributed by atoms with Gasteiger partial charge in [-0.1, -0.05) is 25.1 Å². The molecule has 0 aliphatic heterocycles. The Morgan fingerprint density at radius 2 is 2.15 bits per heavy atom. The SMILES string of the molecule is CC(CN)c1cc2ccccc2[nH]1. The first kappa shape index (κ1) is 8.32. The third-order valence-electron chi connectivity index (χ3n) is 2.44. The van der Waals surface area contributed by atoms with Crippen LogP contribution in [0.1, 0.15) is 18.5 Å². The molecule has 2 nitrogen and oxygen atoms in total. The van der Waals surface area contributed by atoms with E-state index in [4.69, 9.17) is 5.73 Å². The predicted molar refractivity (Wildman–Crippen MR) is 55.8 cm³/mol. The number of hydrogen-bond donors (Lipinski definition) is 2. The summed E-state index contributed by atoms with van der Waals surface area (Å²) in [4.78, 5) is 3.37. The van der Waals surface area contributed by atoms with Gasteiger partial charge in [0, 0.05) is 23.7 Å². The second-order valence-corrected chi connectivity index (χ2v) is 3.45. The number of hydrogen-bond acceptors (Lipinski definition) is 1. The van der Waals surface area contributed by atoms with Crippen LogP contribution in [0.25, 0.3) is 10.9 Å². The van der Waals surface area contributed by atoms with Gasteiger partial charge in [-0.15, -0.1) is 0 Å². The Balaban J connectivity index is 2.49. The number of H-pyrrole nitrogens is 1. The zero-order valence-electron chi connectivity index (χ0n) is 7.75. The Kier molecular flexibility index (Phi) is 2.07. The molecule has 0 radical (unpaired) electrons. The van der Waals surface area contributed by atoms with Crippen molar-refractivity contribution in [2.75, 3.05) is 6.54 Å². The fraction of sp³-hybridized carbons (Fsp3) is 0.273. The monoisotopic (exact) mass is 174 g/mol. The van der Waals surface area contributed by atoms with Crippen LogP contribution in [0.4, 0.5) is 0 Å². The van der Waals surface area contributed by atoms with Gasteiger partial charge in [-0.25, -0.2) is 0 Å². The van der Waals surface area contributed by atoms with Crippen LogP contribution in [-0.4, -0.2) is 11.5 Å². The molecule has 0 aliphatic rings. The molecule has 0 saturated carbocycles. The average Bonchev–Trinajstić information content (AvgIpc) is 2.59.